The molecule has 2 fully saturated rings. The van der Waals surface area contributed by atoms with Crippen molar-refractivity contribution < 1.29 is 27.8 Å². The minimum Gasteiger partial charge on any atom is -0.493 e. The Morgan fingerprint density at radius 1 is 1.06 bits per heavy atom. The summed E-state index contributed by atoms with van der Waals surface area (Å²) in [6.45, 7) is 6.35. The van der Waals surface area contributed by atoms with E-state index in [1.807, 2.05) is 0 Å². The number of carbonyl (C=O) groups excluding carboxylic acids is 1. The number of hydrogen-bond acceptors (Lipinski definition) is 4. The molecule has 0 bridgehead atoms. The van der Waals surface area contributed by atoms with Crippen LogP contribution in [0.25, 0.3) is 11.1 Å². The van der Waals surface area contributed by atoms with E-state index in [-0.39, 0.29) is 17.7 Å². The van der Waals surface area contributed by atoms with Crippen LogP contribution in [0.4, 0.5) is 13.2 Å². The zero-order valence-corrected chi connectivity index (χ0v) is 21.0. The lowest BCUT2D eigenvalue weighted by atomic mass is 9.96. The minimum atomic E-state index is -1.21. The molecule has 1 amide bonds. The zero-order chi connectivity index (χ0) is 25.9. The van der Waals surface area contributed by atoms with E-state index < -0.39 is 29.3 Å². The van der Waals surface area contributed by atoms with Crippen molar-refractivity contribution in [2.75, 3.05) is 39.3 Å². The number of benzene rings is 2. The number of β-amino-alcohol motifs (C(OH)–C–C–N with tert-alkyl or cyclic N) is 1. The maximum Gasteiger partial charge on any atom is 0.256 e. The summed E-state index contributed by atoms with van der Waals surface area (Å²) in [6, 6.07) is 8.57. The van der Waals surface area contributed by atoms with Crippen LogP contribution in [-0.2, 0) is 0 Å². The number of amides is 1. The first-order valence-electron chi connectivity index (χ1n) is 12.7. The quantitative estimate of drug-likeness (QED) is 0.572. The minimum absolute atomic E-state index is 0.0886. The molecule has 4 rings (SSSR count). The summed E-state index contributed by atoms with van der Waals surface area (Å²) in [5.74, 6) is -1.00. The molecule has 36 heavy (non-hydrogen) atoms. The van der Waals surface area contributed by atoms with Crippen molar-refractivity contribution in [3.05, 3.63) is 53.6 Å². The lowest BCUT2D eigenvalue weighted by Crippen LogP contribution is -2.42. The van der Waals surface area contributed by atoms with Crippen LogP contribution in [0.5, 0.6) is 5.75 Å². The number of halogens is 3. The summed E-state index contributed by atoms with van der Waals surface area (Å²) in [7, 11) is 0. The Bertz CT molecular complexity index is 1060. The zero-order valence-electron chi connectivity index (χ0n) is 21.0. The van der Waals surface area contributed by atoms with Crippen molar-refractivity contribution in [2.45, 2.75) is 51.3 Å². The maximum absolute atomic E-state index is 14.9. The molecule has 196 valence electrons. The molecule has 0 radical (unpaired) electrons. The van der Waals surface area contributed by atoms with E-state index in [0.717, 1.165) is 25.9 Å². The molecule has 2 aliphatic rings. The van der Waals surface area contributed by atoms with Gasteiger partial charge in [0.15, 0.2) is 0 Å². The fourth-order valence-electron chi connectivity index (χ4n) is 5.04. The van der Waals surface area contributed by atoms with Gasteiger partial charge in [-0.15, -0.1) is 0 Å². The second kappa shape index (κ2) is 11.2. The molecular weight excluding hydrogens is 469 g/mol. The van der Waals surface area contributed by atoms with Crippen molar-refractivity contribution in [1.82, 2.24) is 9.80 Å². The van der Waals surface area contributed by atoms with Gasteiger partial charge in [0.2, 0.25) is 0 Å². The van der Waals surface area contributed by atoms with Crippen LogP contribution < -0.4 is 4.74 Å². The van der Waals surface area contributed by atoms with Crippen LogP contribution in [0.3, 0.4) is 0 Å². The first kappa shape index (κ1) is 26.5. The summed E-state index contributed by atoms with van der Waals surface area (Å²) < 4.78 is 49.4. The smallest absolute Gasteiger partial charge is 0.256 e. The lowest BCUT2D eigenvalue weighted by Gasteiger charge is -2.34. The number of rotatable bonds is 7. The van der Waals surface area contributed by atoms with Crippen molar-refractivity contribution >= 4 is 5.91 Å². The molecule has 1 N–H and O–H groups in total. The number of carbonyl (C=O) groups is 1. The summed E-state index contributed by atoms with van der Waals surface area (Å²) in [4.78, 5) is 16.2. The molecule has 2 aromatic rings. The normalized spacial score (nSPS) is 19.9. The van der Waals surface area contributed by atoms with Crippen LogP contribution in [0.2, 0.25) is 0 Å². The number of ether oxygens (including phenoxy) is 1. The molecule has 5 nitrogen and oxygen atoms in total. The molecule has 0 aromatic heterocycles. The van der Waals surface area contributed by atoms with Gasteiger partial charge >= 0.3 is 0 Å². The Kier molecular flexibility index (Phi) is 8.25. The average Bonchev–Trinajstić information content (AvgIpc) is 2.82. The highest BCUT2D eigenvalue weighted by Crippen LogP contribution is 2.29. The fourth-order valence-corrected chi connectivity index (χ4v) is 5.04. The number of likely N-dealkylation sites (tertiary alicyclic amines) is 2. The number of aliphatic hydroxyl groups excluding tert-OH is 1. The van der Waals surface area contributed by atoms with Crippen molar-refractivity contribution in [3.8, 4) is 16.9 Å². The first-order chi connectivity index (χ1) is 17.1. The highest BCUT2D eigenvalue weighted by Gasteiger charge is 2.27. The number of piperidine rings is 2. The largest absolute Gasteiger partial charge is 0.493 e. The average molecular weight is 505 g/mol. The number of alkyl halides is 1. The second-order valence-corrected chi connectivity index (χ2v) is 10.6. The molecular formula is C28H35F3N2O3. The van der Waals surface area contributed by atoms with Crippen LogP contribution >= 0.6 is 0 Å². The van der Waals surface area contributed by atoms with E-state index in [0.29, 0.717) is 49.8 Å². The van der Waals surface area contributed by atoms with Crippen LogP contribution in [0, 0.1) is 17.6 Å². The highest BCUT2D eigenvalue weighted by molar-refractivity contribution is 5.95. The van der Waals surface area contributed by atoms with Crippen LogP contribution in [0.1, 0.15) is 49.9 Å². The van der Waals surface area contributed by atoms with Gasteiger partial charge in [0.25, 0.3) is 5.91 Å². The third kappa shape index (κ3) is 6.79. The predicted octanol–water partition coefficient (Wildman–Crippen LogP) is 5.07. The molecule has 0 saturated carbocycles. The Balaban J connectivity index is 1.35. The standard InChI is InChI=1S/C28H35F3N2O3/c1-28(2,31)18-32-12-9-19(10-13-32)17-36-22-6-8-23(26(30)15-22)20-5-7-24(25(29)14-20)27(35)33-11-3-4-21(34)16-33/h5-8,14-15,19,21,34H,3-4,9-13,16-18H2,1-2H3/t21-/m0/s1. The lowest BCUT2D eigenvalue weighted by molar-refractivity contribution is 0.0470. The van der Waals surface area contributed by atoms with Gasteiger partial charge in [-0.05, 0) is 88.4 Å². The Morgan fingerprint density at radius 3 is 2.44 bits per heavy atom. The van der Waals surface area contributed by atoms with Crippen LogP contribution in [0.15, 0.2) is 36.4 Å². The SMILES string of the molecule is CC(C)(F)CN1CCC(COc2ccc(-c3ccc(C(=O)N4CCC[C@H](O)C4)c(F)c3)c(F)c2)CC1. The van der Waals surface area contributed by atoms with Gasteiger partial charge in [-0.2, -0.15) is 0 Å². The fraction of sp³-hybridized carbons (Fsp3) is 0.536. The summed E-state index contributed by atoms with van der Waals surface area (Å²) >= 11 is 0. The predicted molar refractivity (Wildman–Crippen MR) is 133 cm³/mol. The third-order valence-corrected chi connectivity index (χ3v) is 6.93. The number of nitrogens with zero attached hydrogens (tertiary/aromatic N) is 2. The van der Waals surface area contributed by atoms with Crippen molar-refractivity contribution in [2.24, 2.45) is 5.92 Å². The monoisotopic (exact) mass is 504 g/mol. The van der Waals surface area contributed by atoms with Gasteiger partial charge in [-0.3, -0.25) is 4.79 Å². The maximum atomic E-state index is 14.9. The van der Waals surface area contributed by atoms with Crippen molar-refractivity contribution in [1.29, 1.82) is 0 Å². The van der Waals surface area contributed by atoms with E-state index >= 15 is 0 Å². The van der Waals surface area contributed by atoms with E-state index in [1.54, 1.807) is 26.0 Å². The van der Waals surface area contributed by atoms with Crippen molar-refractivity contribution in [3.63, 3.8) is 0 Å². The molecule has 0 spiro atoms. The number of hydrogen-bond donors (Lipinski definition) is 1. The van der Waals surface area contributed by atoms with Gasteiger partial charge in [0, 0.05) is 31.3 Å². The Hall–Kier alpha value is -2.58. The van der Waals surface area contributed by atoms with E-state index in [4.69, 9.17) is 4.74 Å². The van der Waals surface area contributed by atoms with Gasteiger partial charge in [-0.25, -0.2) is 13.2 Å². The molecule has 1 atom stereocenters. The molecule has 2 saturated heterocycles. The van der Waals surface area contributed by atoms with E-state index in [2.05, 4.69) is 4.90 Å². The molecule has 0 aliphatic carbocycles. The topological polar surface area (TPSA) is 53.0 Å². The first-order valence-corrected chi connectivity index (χ1v) is 12.7. The van der Waals surface area contributed by atoms with Gasteiger partial charge in [0.05, 0.1) is 18.3 Å². The summed E-state index contributed by atoms with van der Waals surface area (Å²) in [6.07, 6.45) is 2.50. The van der Waals surface area contributed by atoms with Gasteiger partial charge < -0.3 is 19.6 Å². The van der Waals surface area contributed by atoms with Gasteiger partial charge in [0.1, 0.15) is 23.1 Å². The Labute approximate surface area is 210 Å². The van der Waals surface area contributed by atoms with E-state index in [1.165, 1.54) is 29.2 Å². The second-order valence-electron chi connectivity index (χ2n) is 10.6. The molecule has 0 unspecified atom stereocenters. The summed E-state index contributed by atoms with van der Waals surface area (Å²) in [5, 5.41) is 9.80. The Morgan fingerprint density at radius 2 is 1.81 bits per heavy atom. The molecule has 8 heteroatoms. The molecule has 2 aliphatic heterocycles. The van der Waals surface area contributed by atoms with E-state index in [9.17, 15) is 23.1 Å². The highest BCUT2D eigenvalue weighted by atomic mass is 19.1. The molecule has 2 heterocycles. The molecule has 2 aromatic carbocycles. The number of aliphatic hydroxyl groups is 1. The van der Waals surface area contributed by atoms with Crippen LogP contribution in [-0.4, -0.2) is 71.9 Å². The summed E-state index contributed by atoms with van der Waals surface area (Å²) in [5.41, 5.74) is -0.752. The third-order valence-electron chi connectivity index (χ3n) is 6.93. The van der Waals surface area contributed by atoms with Gasteiger partial charge in [-0.1, -0.05) is 6.07 Å².